The molecule has 0 spiro atoms. The highest BCUT2D eigenvalue weighted by atomic mass is 16.5. The van der Waals surface area contributed by atoms with Gasteiger partial charge < -0.3 is 10.5 Å². The summed E-state index contributed by atoms with van der Waals surface area (Å²) in [5, 5.41) is 0. The van der Waals surface area contributed by atoms with Crippen molar-refractivity contribution < 1.29 is 9.53 Å². The Hall–Kier alpha value is -0.610. The molecule has 1 saturated carbocycles. The van der Waals surface area contributed by atoms with Gasteiger partial charge in [0.1, 0.15) is 6.04 Å². The molecule has 4 heteroatoms. The standard InChI is InChI=1S/C16H30N2O2/c1-3-5-12-7-8-13(11-17)15(10-12)18-9-4-6-14(18)16(19)20-2/h12-15H,3-11,17H2,1-2H3. The van der Waals surface area contributed by atoms with Crippen molar-refractivity contribution in [2.24, 2.45) is 17.6 Å². The molecule has 0 aromatic rings. The van der Waals surface area contributed by atoms with Gasteiger partial charge in [0.15, 0.2) is 0 Å². The Morgan fingerprint density at radius 2 is 2.15 bits per heavy atom. The molecule has 4 unspecified atom stereocenters. The minimum absolute atomic E-state index is 0.0283. The molecule has 4 atom stereocenters. The van der Waals surface area contributed by atoms with Crippen LogP contribution in [0, 0.1) is 11.8 Å². The first kappa shape index (κ1) is 15.8. The lowest BCUT2D eigenvalue weighted by atomic mass is 9.75. The normalized spacial score (nSPS) is 35.1. The molecule has 2 N–H and O–H groups in total. The third kappa shape index (κ3) is 3.34. The second kappa shape index (κ2) is 7.41. The highest BCUT2D eigenvalue weighted by molar-refractivity contribution is 5.76. The second-order valence-electron chi connectivity index (χ2n) is 6.45. The average Bonchev–Trinajstić information content (AvgIpc) is 2.96. The summed E-state index contributed by atoms with van der Waals surface area (Å²) in [5.74, 6) is 1.30. The summed E-state index contributed by atoms with van der Waals surface area (Å²) in [7, 11) is 1.50. The van der Waals surface area contributed by atoms with E-state index in [2.05, 4.69) is 11.8 Å². The van der Waals surface area contributed by atoms with E-state index in [1.54, 1.807) is 0 Å². The fourth-order valence-corrected chi connectivity index (χ4v) is 4.22. The van der Waals surface area contributed by atoms with Crippen LogP contribution in [0.5, 0.6) is 0 Å². The Labute approximate surface area is 123 Å². The van der Waals surface area contributed by atoms with Gasteiger partial charge in [-0.1, -0.05) is 26.2 Å². The predicted octanol–water partition coefficient (Wildman–Crippen LogP) is 2.17. The van der Waals surface area contributed by atoms with Crippen LogP contribution in [-0.2, 0) is 9.53 Å². The maximum absolute atomic E-state index is 12.0. The number of hydrogen-bond acceptors (Lipinski definition) is 4. The summed E-state index contributed by atoms with van der Waals surface area (Å²) >= 11 is 0. The van der Waals surface area contributed by atoms with Crippen molar-refractivity contribution in [3.8, 4) is 0 Å². The first-order valence-electron chi connectivity index (χ1n) is 8.24. The van der Waals surface area contributed by atoms with E-state index in [0.29, 0.717) is 12.0 Å². The summed E-state index contributed by atoms with van der Waals surface area (Å²) in [6.07, 6.45) is 8.35. The number of ether oxygens (including phenoxy) is 1. The molecular formula is C16H30N2O2. The number of rotatable bonds is 5. The Balaban J connectivity index is 2.07. The number of esters is 1. The molecule has 2 rings (SSSR count). The topological polar surface area (TPSA) is 55.6 Å². The zero-order valence-electron chi connectivity index (χ0n) is 13.0. The van der Waals surface area contributed by atoms with Gasteiger partial charge in [0.05, 0.1) is 7.11 Å². The van der Waals surface area contributed by atoms with E-state index in [4.69, 9.17) is 10.5 Å². The lowest BCUT2D eigenvalue weighted by Gasteiger charge is -2.42. The Bertz CT molecular complexity index is 322. The molecule has 1 aliphatic heterocycles. The van der Waals surface area contributed by atoms with Crippen molar-refractivity contribution in [3.63, 3.8) is 0 Å². The molecule has 20 heavy (non-hydrogen) atoms. The molecule has 0 aromatic carbocycles. The monoisotopic (exact) mass is 282 g/mol. The minimum Gasteiger partial charge on any atom is -0.468 e. The smallest absolute Gasteiger partial charge is 0.323 e. The fraction of sp³-hybridized carbons (Fsp3) is 0.938. The zero-order chi connectivity index (χ0) is 14.5. The molecule has 4 nitrogen and oxygen atoms in total. The average molecular weight is 282 g/mol. The number of nitrogens with zero attached hydrogens (tertiary/aromatic N) is 1. The van der Waals surface area contributed by atoms with Crippen molar-refractivity contribution in [3.05, 3.63) is 0 Å². The quantitative estimate of drug-likeness (QED) is 0.785. The highest BCUT2D eigenvalue weighted by Crippen LogP contribution is 2.37. The molecule has 0 radical (unpaired) electrons. The van der Waals surface area contributed by atoms with Gasteiger partial charge in [-0.2, -0.15) is 0 Å². The minimum atomic E-state index is -0.0594. The van der Waals surface area contributed by atoms with E-state index in [1.807, 2.05) is 0 Å². The molecule has 2 aliphatic rings. The van der Waals surface area contributed by atoms with Crippen molar-refractivity contribution in [1.29, 1.82) is 0 Å². The molecule has 0 amide bonds. The number of methoxy groups -OCH3 is 1. The van der Waals surface area contributed by atoms with E-state index in [9.17, 15) is 4.79 Å². The van der Waals surface area contributed by atoms with Crippen molar-refractivity contribution in [1.82, 2.24) is 4.90 Å². The zero-order valence-corrected chi connectivity index (χ0v) is 13.0. The summed E-state index contributed by atoms with van der Waals surface area (Å²) in [6.45, 7) is 4.03. The molecule has 1 aliphatic carbocycles. The lowest BCUT2D eigenvalue weighted by Crippen LogP contribution is -2.51. The lowest BCUT2D eigenvalue weighted by molar-refractivity contribution is -0.147. The maximum atomic E-state index is 12.0. The van der Waals surface area contributed by atoms with Crippen LogP contribution >= 0.6 is 0 Å². The summed E-state index contributed by atoms with van der Waals surface area (Å²) in [5.41, 5.74) is 5.99. The summed E-state index contributed by atoms with van der Waals surface area (Å²) < 4.78 is 4.99. The Morgan fingerprint density at radius 3 is 2.80 bits per heavy atom. The number of carbonyl (C=O) groups is 1. The number of hydrogen-bond donors (Lipinski definition) is 1. The van der Waals surface area contributed by atoms with Crippen LogP contribution in [0.2, 0.25) is 0 Å². The number of carbonyl (C=O) groups excluding carboxylic acids is 1. The third-order valence-electron chi connectivity index (χ3n) is 5.26. The highest BCUT2D eigenvalue weighted by Gasteiger charge is 2.41. The van der Waals surface area contributed by atoms with Gasteiger partial charge in [-0.25, -0.2) is 0 Å². The van der Waals surface area contributed by atoms with E-state index in [0.717, 1.165) is 31.8 Å². The molecular weight excluding hydrogens is 252 g/mol. The van der Waals surface area contributed by atoms with E-state index < -0.39 is 0 Å². The molecule has 1 heterocycles. The maximum Gasteiger partial charge on any atom is 0.323 e. The Morgan fingerprint density at radius 1 is 1.35 bits per heavy atom. The first-order chi connectivity index (χ1) is 9.71. The number of likely N-dealkylation sites (tertiary alicyclic amines) is 1. The number of nitrogens with two attached hydrogens (primary N) is 1. The summed E-state index contributed by atoms with van der Waals surface area (Å²) in [4.78, 5) is 14.4. The fourth-order valence-electron chi connectivity index (χ4n) is 4.22. The van der Waals surface area contributed by atoms with Gasteiger partial charge in [-0.15, -0.1) is 0 Å². The Kier molecular flexibility index (Phi) is 5.85. The largest absolute Gasteiger partial charge is 0.468 e. The van der Waals surface area contributed by atoms with Gasteiger partial charge in [0, 0.05) is 6.04 Å². The predicted molar refractivity (Wildman–Crippen MR) is 80.3 cm³/mol. The van der Waals surface area contributed by atoms with Crippen LogP contribution in [0.4, 0.5) is 0 Å². The van der Waals surface area contributed by atoms with E-state index in [-0.39, 0.29) is 12.0 Å². The molecule has 2 fully saturated rings. The van der Waals surface area contributed by atoms with Crippen molar-refractivity contribution in [2.75, 3.05) is 20.2 Å². The summed E-state index contributed by atoms with van der Waals surface area (Å²) in [6, 6.07) is 0.455. The molecule has 116 valence electrons. The van der Waals surface area contributed by atoms with E-state index in [1.165, 1.54) is 39.2 Å². The van der Waals surface area contributed by atoms with Crippen LogP contribution in [0.3, 0.4) is 0 Å². The van der Waals surface area contributed by atoms with Crippen LogP contribution < -0.4 is 5.73 Å². The van der Waals surface area contributed by atoms with Crippen LogP contribution in [0.15, 0.2) is 0 Å². The van der Waals surface area contributed by atoms with Crippen LogP contribution in [-0.4, -0.2) is 43.2 Å². The molecule has 1 saturated heterocycles. The second-order valence-corrected chi connectivity index (χ2v) is 6.45. The van der Waals surface area contributed by atoms with Crippen molar-refractivity contribution in [2.45, 2.75) is 64.0 Å². The van der Waals surface area contributed by atoms with Crippen molar-refractivity contribution >= 4 is 5.97 Å². The third-order valence-corrected chi connectivity index (χ3v) is 5.26. The van der Waals surface area contributed by atoms with Gasteiger partial charge in [0.25, 0.3) is 0 Å². The SMILES string of the molecule is CCCC1CCC(CN)C(N2CCCC2C(=O)OC)C1. The van der Waals surface area contributed by atoms with Gasteiger partial charge >= 0.3 is 5.97 Å². The first-order valence-corrected chi connectivity index (χ1v) is 8.24. The van der Waals surface area contributed by atoms with Gasteiger partial charge in [-0.05, 0) is 50.6 Å². The van der Waals surface area contributed by atoms with E-state index >= 15 is 0 Å². The molecule has 0 bridgehead atoms. The van der Waals surface area contributed by atoms with Gasteiger partial charge in [0.2, 0.25) is 0 Å². The molecule has 0 aromatic heterocycles. The van der Waals surface area contributed by atoms with Gasteiger partial charge in [-0.3, -0.25) is 9.69 Å². The van der Waals surface area contributed by atoms with Crippen LogP contribution in [0.25, 0.3) is 0 Å². The van der Waals surface area contributed by atoms with Crippen LogP contribution in [0.1, 0.15) is 51.9 Å².